The lowest BCUT2D eigenvalue weighted by Gasteiger charge is -2.11. The molecule has 0 unspecified atom stereocenters. The van der Waals surface area contributed by atoms with Gasteiger partial charge in [0.15, 0.2) is 6.20 Å². The molecule has 0 bridgehead atoms. The molecular weight excluding hydrogens is 322 g/mol. The number of pyridine rings is 1. The summed E-state index contributed by atoms with van der Waals surface area (Å²) in [5.74, 6) is 0. The van der Waals surface area contributed by atoms with Gasteiger partial charge in [-0.1, -0.05) is 42.5 Å². The van der Waals surface area contributed by atoms with Crippen molar-refractivity contribution in [3.8, 4) is 11.3 Å². The lowest BCUT2D eigenvalue weighted by molar-refractivity contribution is -0.660. The Morgan fingerprint density at radius 2 is 1.44 bits per heavy atom. The molecule has 0 aliphatic heterocycles. The van der Waals surface area contributed by atoms with Crippen LogP contribution in [0.15, 0.2) is 72.9 Å². The average Bonchev–Trinajstić information content (AvgIpc) is 3.03. The van der Waals surface area contributed by atoms with Crippen molar-refractivity contribution in [3.63, 3.8) is 0 Å². The molecule has 0 fully saturated rings. The molecule has 0 N–H and O–H groups in total. The van der Waals surface area contributed by atoms with Crippen molar-refractivity contribution in [3.05, 3.63) is 78.5 Å². The van der Waals surface area contributed by atoms with E-state index in [4.69, 9.17) is 0 Å². The fourth-order valence-electron chi connectivity index (χ4n) is 3.95. The Balaban J connectivity index is 2.08. The zero-order valence-electron chi connectivity index (χ0n) is 14.3. The third kappa shape index (κ3) is 2.04. The van der Waals surface area contributed by atoms with Gasteiger partial charge in [-0.05, 0) is 30.0 Å². The summed E-state index contributed by atoms with van der Waals surface area (Å²) in [6.45, 7) is 2.27. The minimum atomic E-state index is 1.26. The zero-order valence-corrected chi connectivity index (χ0v) is 15.1. The van der Waals surface area contributed by atoms with E-state index in [0.717, 1.165) is 0 Å². The van der Waals surface area contributed by atoms with E-state index < -0.39 is 0 Å². The van der Waals surface area contributed by atoms with Crippen molar-refractivity contribution in [2.45, 2.75) is 6.92 Å². The molecule has 0 radical (unpaired) electrons. The molecule has 0 aliphatic carbocycles. The zero-order chi connectivity index (χ0) is 17.0. The topological polar surface area (TPSA) is 3.88 Å². The SMILES string of the molecule is Cc1c(-c2cccc[n+]2C)c2ccccc2c2sc3ccccc3c12. The Hall–Kier alpha value is -2.71. The summed E-state index contributed by atoms with van der Waals surface area (Å²) in [7, 11) is 2.12. The van der Waals surface area contributed by atoms with Crippen molar-refractivity contribution < 1.29 is 4.57 Å². The summed E-state index contributed by atoms with van der Waals surface area (Å²) in [4.78, 5) is 0. The molecule has 0 saturated heterocycles. The molecule has 2 aromatic heterocycles. The summed E-state index contributed by atoms with van der Waals surface area (Å²) < 4.78 is 4.98. The van der Waals surface area contributed by atoms with Crippen LogP contribution in [0.3, 0.4) is 0 Å². The van der Waals surface area contributed by atoms with E-state index in [1.807, 2.05) is 11.3 Å². The van der Waals surface area contributed by atoms with E-state index in [9.17, 15) is 0 Å². The Morgan fingerprint density at radius 1 is 0.760 bits per heavy atom. The van der Waals surface area contributed by atoms with E-state index in [1.165, 1.54) is 47.8 Å². The van der Waals surface area contributed by atoms with Gasteiger partial charge in [0.1, 0.15) is 7.05 Å². The van der Waals surface area contributed by atoms with Crippen LogP contribution in [0.25, 0.3) is 42.2 Å². The quantitative estimate of drug-likeness (QED) is 0.329. The Morgan fingerprint density at radius 3 is 2.24 bits per heavy atom. The molecule has 0 saturated carbocycles. The van der Waals surface area contributed by atoms with Gasteiger partial charge in [-0.25, -0.2) is 4.57 Å². The average molecular weight is 340 g/mol. The van der Waals surface area contributed by atoms with E-state index >= 15 is 0 Å². The number of rotatable bonds is 1. The number of nitrogens with zero attached hydrogens (tertiary/aromatic N) is 1. The fraction of sp³-hybridized carbons (Fsp3) is 0.0870. The number of hydrogen-bond acceptors (Lipinski definition) is 1. The van der Waals surface area contributed by atoms with E-state index in [1.54, 1.807) is 0 Å². The van der Waals surface area contributed by atoms with Gasteiger partial charge in [0.2, 0.25) is 5.69 Å². The van der Waals surface area contributed by atoms with Gasteiger partial charge >= 0.3 is 0 Å². The van der Waals surface area contributed by atoms with Crippen LogP contribution >= 0.6 is 11.3 Å². The van der Waals surface area contributed by atoms with Crippen molar-refractivity contribution >= 4 is 42.3 Å². The minimum absolute atomic E-state index is 1.26. The molecular formula is C23H18NS+. The van der Waals surface area contributed by atoms with Crippen molar-refractivity contribution in [1.82, 2.24) is 0 Å². The molecule has 3 aromatic carbocycles. The summed E-state index contributed by atoms with van der Waals surface area (Å²) in [5, 5.41) is 5.45. The maximum Gasteiger partial charge on any atom is 0.213 e. The smallest absolute Gasteiger partial charge is 0.201 e. The standard InChI is InChI=1S/C23H18NS/c1-15-21(19-12-7-8-14-24(19)2)16-9-3-4-10-17(16)23-22(15)18-11-5-6-13-20(18)25-23/h3-14H,1-2H3/q+1. The van der Waals surface area contributed by atoms with Crippen LogP contribution in [0.4, 0.5) is 0 Å². The van der Waals surface area contributed by atoms with Gasteiger partial charge in [0, 0.05) is 37.7 Å². The highest BCUT2D eigenvalue weighted by molar-refractivity contribution is 7.26. The summed E-state index contributed by atoms with van der Waals surface area (Å²) in [6, 6.07) is 24.0. The number of fused-ring (bicyclic) bond motifs is 5. The summed E-state index contributed by atoms with van der Waals surface area (Å²) in [5.41, 5.74) is 3.97. The predicted octanol–water partition coefficient (Wildman–Crippen LogP) is 6.01. The molecule has 2 heterocycles. The molecule has 25 heavy (non-hydrogen) atoms. The highest BCUT2D eigenvalue weighted by Crippen LogP contribution is 2.44. The second-order valence-corrected chi connectivity index (χ2v) is 7.60. The number of aromatic nitrogens is 1. The van der Waals surface area contributed by atoms with Gasteiger partial charge in [0.25, 0.3) is 0 Å². The van der Waals surface area contributed by atoms with Crippen LogP contribution in [-0.4, -0.2) is 0 Å². The Kier molecular flexibility index (Phi) is 3.16. The van der Waals surface area contributed by atoms with E-state index in [-0.39, 0.29) is 0 Å². The van der Waals surface area contributed by atoms with Crippen molar-refractivity contribution in [2.24, 2.45) is 7.05 Å². The second-order valence-electron chi connectivity index (χ2n) is 6.54. The first-order valence-electron chi connectivity index (χ1n) is 8.53. The first-order chi connectivity index (χ1) is 12.3. The molecule has 5 aromatic rings. The highest BCUT2D eigenvalue weighted by atomic mass is 32.1. The molecule has 2 heteroatoms. The van der Waals surface area contributed by atoms with Gasteiger partial charge in [-0.2, -0.15) is 0 Å². The van der Waals surface area contributed by atoms with E-state index in [2.05, 4.69) is 91.5 Å². The van der Waals surface area contributed by atoms with Crippen molar-refractivity contribution in [2.75, 3.05) is 0 Å². The first-order valence-corrected chi connectivity index (χ1v) is 9.35. The maximum atomic E-state index is 2.27. The number of aryl methyl sites for hydroxylation is 2. The number of benzene rings is 3. The third-order valence-corrected chi connectivity index (χ3v) is 6.30. The Bertz CT molecular complexity index is 1260. The largest absolute Gasteiger partial charge is 0.213 e. The molecule has 0 amide bonds. The monoisotopic (exact) mass is 340 g/mol. The highest BCUT2D eigenvalue weighted by Gasteiger charge is 2.21. The van der Waals surface area contributed by atoms with Crippen LogP contribution in [0, 0.1) is 6.92 Å². The Labute approximate surface area is 150 Å². The first kappa shape index (κ1) is 14.6. The normalized spacial score (nSPS) is 11.6. The number of hydrogen-bond donors (Lipinski definition) is 0. The van der Waals surface area contributed by atoms with Gasteiger partial charge in [-0.3, -0.25) is 0 Å². The van der Waals surface area contributed by atoms with Crippen molar-refractivity contribution in [1.29, 1.82) is 0 Å². The van der Waals surface area contributed by atoms with Crippen LogP contribution in [0.1, 0.15) is 5.56 Å². The molecule has 120 valence electrons. The second kappa shape index (κ2) is 5.40. The van der Waals surface area contributed by atoms with Gasteiger partial charge in [-0.15, -0.1) is 11.3 Å². The lowest BCUT2D eigenvalue weighted by Crippen LogP contribution is -2.30. The fourth-order valence-corrected chi connectivity index (χ4v) is 5.25. The van der Waals surface area contributed by atoms with Crippen LogP contribution in [0.5, 0.6) is 0 Å². The minimum Gasteiger partial charge on any atom is -0.201 e. The summed E-state index contributed by atoms with van der Waals surface area (Å²) in [6.07, 6.45) is 2.12. The van der Waals surface area contributed by atoms with E-state index in [0.29, 0.717) is 0 Å². The van der Waals surface area contributed by atoms with Crippen LogP contribution in [0.2, 0.25) is 0 Å². The third-order valence-electron chi connectivity index (χ3n) is 5.10. The summed E-state index contributed by atoms with van der Waals surface area (Å²) >= 11 is 1.91. The molecule has 5 rings (SSSR count). The number of thiophene rings is 1. The maximum absolute atomic E-state index is 2.27. The van der Waals surface area contributed by atoms with Crippen LogP contribution < -0.4 is 4.57 Å². The molecule has 1 nitrogen and oxygen atoms in total. The van der Waals surface area contributed by atoms with Crippen LogP contribution in [-0.2, 0) is 7.05 Å². The van der Waals surface area contributed by atoms with Gasteiger partial charge in [0.05, 0.1) is 5.56 Å². The predicted molar refractivity (Wildman–Crippen MR) is 108 cm³/mol. The molecule has 0 aliphatic rings. The lowest BCUT2D eigenvalue weighted by atomic mass is 9.92. The molecule has 0 atom stereocenters. The van der Waals surface area contributed by atoms with Gasteiger partial charge < -0.3 is 0 Å². The molecule has 0 spiro atoms.